The van der Waals surface area contributed by atoms with Gasteiger partial charge in [-0.2, -0.15) is 0 Å². The molecule has 0 fully saturated rings. The fraction of sp³-hybridized carbons (Fsp3) is 0.208. The molecular weight excluding hydrogens is 575 g/mol. The van der Waals surface area contributed by atoms with E-state index in [9.17, 15) is 9.59 Å². The number of hydrogen-bond acceptors (Lipinski definition) is 6. The standard InChI is InChI=1S/C24H20ClIN2O4S/c1-4-32-23(30)20-13(2)27-24-28(21(20)15-6-8-16(25)9-7-15)22(29)19(33-24)12-14-5-10-18(31-3)17(26)11-14/h5-12,21H,4H2,1-3H3/b19-12+. The van der Waals surface area contributed by atoms with E-state index in [4.69, 9.17) is 21.1 Å². The van der Waals surface area contributed by atoms with E-state index in [-0.39, 0.29) is 12.2 Å². The normalized spacial score (nSPS) is 15.8. The maximum atomic E-state index is 13.6. The van der Waals surface area contributed by atoms with Gasteiger partial charge < -0.3 is 9.47 Å². The van der Waals surface area contributed by atoms with Crippen molar-refractivity contribution < 1.29 is 14.3 Å². The largest absolute Gasteiger partial charge is 0.496 e. The number of benzene rings is 2. The molecule has 1 aliphatic rings. The summed E-state index contributed by atoms with van der Waals surface area (Å²) in [6, 6.07) is 12.2. The molecule has 1 unspecified atom stereocenters. The lowest BCUT2D eigenvalue weighted by Crippen LogP contribution is -2.39. The quantitative estimate of drug-likeness (QED) is 0.330. The van der Waals surface area contributed by atoms with Crippen LogP contribution in [0.1, 0.15) is 31.0 Å². The van der Waals surface area contributed by atoms with Gasteiger partial charge in [-0.1, -0.05) is 41.1 Å². The highest BCUT2D eigenvalue weighted by atomic mass is 127. The summed E-state index contributed by atoms with van der Waals surface area (Å²) < 4.78 is 13.6. The van der Waals surface area contributed by atoms with Gasteiger partial charge in [-0.15, -0.1) is 0 Å². The van der Waals surface area contributed by atoms with Crippen molar-refractivity contribution in [1.29, 1.82) is 0 Å². The summed E-state index contributed by atoms with van der Waals surface area (Å²) in [6.45, 7) is 3.73. The van der Waals surface area contributed by atoms with E-state index in [0.717, 1.165) is 20.4 Å². The highest BCUT2D eigenvalue weighted by Gasteiger charge is 2.33. The molecule has 2 heterocycles. The number of aromatic nitrogens is 1. The molecule has 0 N–H and O–H groups in total. The zero-order valence-electron chi connectivity index (χ0n) is 18.1. The molecule has 4 rings (SSSR count). The second-order valence-electron chi connectivity index (χ2n) is 7.25. The van der Waals surface area contributed by atoms with Crippen LogP contribution in [0, 0.1) is 3.57 Å². The number of methoxy groups -OCH3 is 1. The number of ether oxygens (including phenoxy) is 2. The Morgan fingerprint density at radius 1 is 1.27 bits per heavy atom. The number of rotatable bonds is 5. The first kappa shape index (κ1) is 23.7. The molecule has 170 valence electrons. The lowest BCUT2D eigenvalue weighted by molar-refractivity contribution is -0.139. The zero-order valence-corrected chi connectivity index (χ0v) is 21.8. The van der Waals surface area contributed by atoms with Crippen molar-refractivity contribution in [3.8, 4) is 5.75 Å². The van der Waals surface area contributed by atoms with Gasteiger partial charge in [0.2, 0.25) is 0 Å². The van der Waals surface area contributed by atoms with Gasteiger partial charge in [0.25, 0.3) is 5.56 Å². The molecule has 0 amide bonds. The van der Waals surface area contributed by atoms with Crippen molar-refractivity contribution in [3.05, 3.63) is 93.1 Å². The third-order valence-corrected chi connectivity index (χ3v) is 7.25. The van der Waals surface area contributed by atoms with Crippen molar-refractivity contribution in [3.63, 3.8) is 0 Å². The summed E-state index contributed by atoms with van der Waals surface area (Å²) in [5, 5.41) is 0.568. The Bertz CT molecular complexity index is 1440. The first-order chi connectivity index (χ1) is 15.8. The molecule has 0 radical (unpaired) electrons. The molecule has 0 spiro atoms. The van der Waals surface area contributed by atoms with Crippen LogP contribution in [0.15, 0.2) is 63.5 Å². The van der Waals surface area contributed by atoms with Gasteiger partial charge in [0, 0.05) is 5.02 Å². The van der Waals surface area contributed by atoms with E-state index >= 15 is 0 Å². The van der Waals surface area contributed by atoms with Crippen molar-refractivity contribution >= 4 is 57.6 Å². The Morgan fingerprint density at radius 3 is 2.64 bits per heavy atom. The Morgan fingerprint density at radius 2 is 2.00 bits per heavy atom. The number of fused-ring (bicyclic) bond motifs is 1. The van der Waals surface area contributed by atoms with E-state index in [1.54, 1.807) is 37.7 Å². The molecule has 3 aromatic rings. The number of allylic oxidation sites excluding steroid dienone is 1. The monoisotopic (exact) mass is 594 g/mol. The van der Waals surface area contributed by atoms with E-state index in [1.165, 1.54) is 11.3 Å². The summed E-state index contributed by atoms with van der Waals surface area (Å²) in [7, 11) is 1.62. The zero-order chi connectivity index (χ0) is 23.7. The van der Waals surface area contributed by atoms with Gasteiger partial charge in [0.15, 0.2) is 4.80 Å². The van der Waals surface area contributed by atoms with Gasteiger partial charge in [0.1, 0.15) is 5.75 Å². The average molecular weight is 595 g/mol. The Labute approximate surface area is 213 Å². The molecule has 0 bridgehead atoms. The second kappa shape index (κ2) is 9.82. The van der Waals surface area contributed by atoms with Crippen LogP contribution in [0.4, 0.5) is 0 Å². The van der Waals surface area contributed by atoms with Crippen molar-refractivity contribution in [2.45, 2.75) is 19.9 Å². The predicted molar refractivity (Wildman–Crippen MR) is 138 cm³/mol. The maximum Gasteiger partial charge on any atom is 0.338 e. The number of nitrogens with zero attached hydrogens (tertiary/aromatic N) is 2. The number of hydrogen-bond donors (Lipinski definition) is 0. The molecule has 1 atom stereocenters. The van der Waals surface area contributed by atoms with Crippen LogP contribution in [0.25, 0.3) is 6.08 Å². The number of carbonyl (C=O) groups is 1. The SMILES string of the molecule is CCOC(=O)C1=C(C)N=c2s/c(=C/c3ccc(OC)c(I)c3)c(=O)n2C1c1ccc(Cl)cc1. The lowest BCUT2D eigenvalue weighted by Gasteiger charge is -2.24. The molecule has 1 aliphatic heterocycles. The third-order valence-electron chi connectivity index (χ3n) is 5.18. The molecule has 9 heteroatoms. The van der Waals surface area contributed by atoms with E-state index in [1.807, 2.05) is 36.4 Å². The molecule has 2 aromatic carbocycles. The highest BCUT2D eigenvalue weighted by Crippen LogP contribution is 2.31. The second-order valence-corrected chi connectivity index (χ2v) is 9.86. The summed E-state index contributed by atoms with van der Waals surface area (Å²) in [5.74, 6) is 0.282. The fourth-order valence-electron chi connectivity index (χ4n) is 3.68. The molecule has 1 aromatic heterocycles. The van der Waals surface area contributed by atoms with Gasteiger partial charge in [-0.25, -0.2) is 9.79 Å². The first-order valence-electron chi connectivity index (χ1n) is 10.1. The minimum Gasteiger partial charge on any atom is -0.496 e. The van der Waals surface area contributed by atoms with Crippen molar-refractivity contribution in [2.75, 3.05) is 13.7 Å². The molecule has 6 nitrogen and oxygen atoms in total. The van der Waals surface area contributed by atoms with Crippen LogP contribution in [0.2, 0.25) is 5.02 Å². The van der Waals surface area contributed by atoms with Crippen molar-refractivity contribution in [1.82, 2.24) is 4.57 Å². The smallest absolute Gasteiger partial charge is 0.338 e. The third kappa shape index (κ3) is 4.64. The predicted octanol–water partition coefficient (Wildman–Crippen LogP) is 4.06. The number of thiazole rings is 1. The fourth-order valence-corrected chi connectivity index (χ4v) is 5.61. The summed E-state index contributed by atoms with van der Waals surface area (Å²) in [6.07, 6.45) is 1.83. The molecule has 0 saturated carbocycles. The van der Waals surface area contributed by atoms with E-state index < -0.39 is 12.0 Å². The van der Waals surface area contributed by atoms with Gasteiger partial charge >= 0.3 is 5.97 Å². The van der Waals surface area contributed by atoms with Crippen LogP contribution in [0.5, 0.6) is 5.75 Å². The van der Waals surface area contributed by atoms with Gasteiger partial charge in [0.05, 0.1) is 39.1 Å². The Hall–Kier alpha value is -2.43. The number of carbonyl (C=O) groups excluding carboxylic acids is 1. The lowest BCUT2D eigenvalue weighted by atomic mass is 9.96. The van der Waals surface area contributed by atoms with Crippen LogP contribution in [0.3, 0.4) is 0 Å². The molecule has 0 saturated heterocycles. The van der Waals surface area contributed by atoms with Crippen LogP contribution < -0.4 is 19.6 Å². The van der Waals surface area contributed by atoms with E-state index in [0.29, 0.717) is 25.6 Å². The summed E-state index contributed by atoms with van der Waals surface area (Å²) >= 11 is 9.57. The van der Waals surface area contributed by atoms with Crippen LogP contribution in [-0.4, -0.2) is 24.3 Å². The highest BCUT2D eigenvalue weighted by molar-refractivity contribution is 14.1. The number of halogens is 2. The minimum absolute atomic E-state index is 0.223. The van der Waals surface area contributed by atoms with E-state index in [2.05, 4.69) is 27.6 Å². The topological polar surface area (TPSA) is 69.9 Å². The van der Waals surface area contributed by atoms with Crippen LogP contribution >= 0.6 is 45.5 Å². The Balaban J connectivity index is 1.93. The van der Waals surface area contributed by atoms with Gasteiger partial charge in [-0.3, -0.25) is 9.36 Å². The maximum absolute atomic E-state index is 13.6. The number of esters is 1. The van der Waals surface area contributed by atoms with Crippen molar-refractivity contribution in [2.24, 2.45) is 4.99 Å². The summed E-state index contributed by atoms with van der Waals surface area (Å²) in [5.41, 5.74) is 2.27. The van der Waals surface area contributed by atoms with Crippen LogP contribution in [-0.2, 0) is 9.53 Å². The van der Waals surface area contributed by atoms with Gasteiger partial charge in [-0.05, 0) is 77.9 Å². The summed E-state index contributed by atoms with van der Waals surface area (Å²) in [4.78, 5) is 31.6. The molecule has 0 aliphatic carbocycles. The molecule has 33 heavy (non-hydrogen) atoms. The minimum atomic E-state index is -0.657. The Kier molecular flexibility index (Phi) is 7.06. The average Bonchev–Trinajstić information content (AvgIpc) is 3.08. The first-order valence-corrected chi connectivity index (χ1v) is 12.4. The molecular formula is C24H20ClIN2O4S.